The molecule has 3 nitrogen and oxygen atoms in total. The number of carbonyl (C=O) groups excluding carboxylic acids is 1. The first-order valence-corrected chi connectivity index (χ1v) is 10.8. The number of ether oxygens (including phenoxy) is 2. The van der Waals surface area contributed by atoms with Gasteiger partial charge in [0.2, 0.25) is 0 Å². The summed E-state index contributed by atoms with van der Waals surface area (Å²) in [5.74, 6) is 1.60. The fourth-order valence-corrected chi connectivity index (χ4v) is 4.35. The Labute approximate surface area is 166 Å². The van der Waals surface area contributed by atoms with Crippen LogP contribution >= 0.6 is 11.3 Å². The van der Waals surface area contributed by atoms with Gasteiger partial charge in [0.1, 0.15) is 0 Å². The third kappa shape index (κ3) is 5.46. The highest BCUT2D eigenvalue weighted by atomic mass is 32.1. The molecule has 1 heterocycles. The van der Waals surface area contributed by atoms with Crippen molar-refractivity contribution in [3.05, 3.63) is 51.7 Å². The molecule has 1 saturated carbocycles. The van der Waals surface area contributed by atoms with Gasteiger partial charge in [0.15, 0.2) is 17.3 Å². The largest absolute Gasteiger partial charge is 0.490 e. The van der Waals surface area contributed by atoms with Crippen LogP contribution in [0.2, 0.25) is 0 Å². The summed E-state index contributed by atoms with van der Waals surface area (Å²) in [6, 6.07) is 9.87. The summed E-state index contributed by atoms with van der Waals surface area (Å²) in [7, 11) is 0. The van der Waals surface area contributed by atoms with Crippen molar-refractivity contribution in [3.8, 4) is 11.5 Å². The van der Waals surface area contributed by atoms with Crippen LogP contribution in [0, 0.1) is 0 Å². The molecule has 0 unspecified atom stereocenters. The van der Waals surface area contributed by atoms with Gasteiger partial charge in [-0.15, -0.1) is 11.3 Å². The maximum Gasteiger partial charge on any atom is 0.195 e. The quantitative estimate of drug-likeness (QED) is 0.375. The highest BCUT2D eigenvalue weighted by Gasteiger charge is 2.18. The Hall–Kier alpha value is -2.07. The molecule has 0 aliphatic heterocycles. The summed E-state index contributed by atoms with van der Waals surface area (Å²) < 4.78 is 11.9. The normalized spacial score (nSPS) is 14.7. The Morgan fingerprint density at radius 3 is 2.70 bits per heavy atom. The summed E-state index contributed by atoms with van der Waals surface area (Å²) in [6.07, 6.45) is 10.6. The molecule has 0 saturated heterocycles. The Morgan fingerprint density at radius 2 is 1.96 bits per heavy atom. The van der Waals surface area contributed by atoms with Crippen molar-refractivity contribution in [2.24, 2.45) is 0 Å². The predicted molar refractivity (Wildman–Crippen MR) is 112 cm³/mol. The Balaban J connectivity index is 1.70. The van der Waals surface area contributed by atoms with Crippen LogP contribution in [0.15, 0.2) is 36.4 Å². The molecule has 1 aliphatic rings. The van der Waals surface area contributed by atoms with Gasteiger partial charge in [-0.25, -0.2) is 0 Å². The SMILES string of the molecule is CCCc1ccc(C(=O)/C=C/c2ccc(OC3CCCC3)c(OCC)c2)s1. The molecule has 0 atom stereocenters. The zero-order valence-electron chi connectivity index (χ0n) is 16.2. The third-order valence-corrected chi connectivity index (χ3v) is 5.85. The molecule has 27 heavy (non-hydrogen) atoms. The van der Waals surface area contributed by atoms with Crippen LogP contribution in [0.3, 0.4) is 0 Å². The number of benzene rings is 1. The molecule has 1 aromatic heterocycles. The Bertz CT molecular complexity index is 785. The van der Waals surface area contributed by atoms with E-state index in [0.29, 0.717) is 12.7 Å². The van der Waals surface area contributed by atoms with E-state index in [1.807, 2.05) is 37.3 Å². The van der Waals surface area contributed by atoms with Gasteiger partial charge in [-0.2, -0.15) is 0 Å². The second kappa shape index (κ2) is 9.75. The number of carbonyl (C=O) groups is 1. The van der Waals surface area contributed by atoms with Gasteiger partial charge < -0.3 is 9.47 Å². The van der Waals surface area contributed by atoms with Crippen LogP contribution in [0.25, 0.3) is 6.08 Å². The second-order valence-electron chi connectivity index (χ2n) is 6.88. The van der Waals surface area contributed by atoms with Gasteiger partial charge in [0.05, 0.1) is 17.6 Å². The van der Waals surface area contributed by atoms with Gasteiger partial charge in [-0.3, -0.25) is 4.79 Å². The first-order valence-electron chi connectivity index (χ1n) is 9.94. The van der Waals surface area contributed by atoms with Crippen molar-refractivity contribution in [3.63, 3.8) is 0 Å². The zero-order valence-corrected chi connectivity index (χ0v) is 17.0. The molecule has 3 rings (SSSR count). The molecular weight excluding hydrogens is 356 g/mol. The van der Waals surface area contributed by atoms with Crippen molar-refractivity contribution in [1.82, 2.24) is 0 Å². The minimum absolute atomic E-state index is 0.0478. The number of hydrogen-bond acceptors (Lipinski definition) is 4. The van der Waals surface area contributed by atoms with Gasteiger partial charge in [0, 0.05) is 4.88 Å². The smallest absolute Gasteiger partial charge is 0.195 e. The van der Waals surface area contributed by atoms with Gasteiger partial charge in [-0.1, -0.05) is 25.5 Å². The van der Waals surface area contributed by atoms with E-state index >= 15 is 0 Å². The maximum atomic E-state index is 12.4. The highest BCUT2D eigenvalue weighted by Crippen LogP contribution is 2.33. The van der Waals surface area contributed by atoms with Gasteiger partial charge in [-0.05, 0) is 74.9 Å². The van der Waals surface area contributed by atoms with Crippen molar-refractivity contribution in [2.45, 2.75) is 58.5 Å². The monoisotopic (exact) mass is 384 g/mol. The lowest BCUT2D eigenvalue weighted by Gasteiger charge is -2.17. The topological polar surface area (TPSA) is 35.5 Å². The third-order valence-electron chi connectivity index (χ3n) is 4.69. The molecular formula is C23H28O3S. The molecule has 1 aliphatic carbocycles. The molecule has 1 fully saturated rings. The molecule has 1 aromatic carbocycles. The van der Waals surface area contributed by atoms with E-state index in [-0.39, 0.29) is 5.78 Å². The molecule has 144 valence electrons. The molecule has 2 aromatic rings. The van der Waals surface area contributed by atoms with E-state index < -0.39 is 0 Å². The van der Waals surface area contributed by atoms with Crippen molar-refractivity contribution in [2.75, 3.05) is 6.61 Å². The van der Waals surface area contributed by atoms with E-state index in [9.17, 15) is 4.79 Å². The second-order valence-corrected chi connectivity index (χ2v) is 8.05. The minimum Gasteiger partial charge on any atom is -0.490 e. The van der Waals surface area contributed by atoms with Crippen molar-refractivity contribution in [1.29, 1.82) is 0 Å². The summed E-state index contributed by atoms with van der Waals surface area (Å²) in [6.45, 7) is 4.70. The molecule has 4 heteroatoms. The number of rotatable bonds is 9. The van der Waals surface area contributed by atoms with Gasteiger partial charge in [0.25, 0.3) is 0 Å². The minimum atomic E-state index is 0.0478. The number of hydrogen-bond donors (Lipinski definition) is 0. The first kappa shape index (κ1) is 19.7. The van der Waals surface area contributed by atoms with Crippen LogP contribution < -0.4 is 9.47 Å². The summed E-state index contributed by atoms with van der Waals surface area (Å²) in [5.41, 5.74) is 0.941. The van der Waals surface area contributed by atoms with Crippen LogP contribution in [0.4, 0.5) is 0 Å². The Morgan fingerprint density at radius 1 is 1.15 bits per heavy atom. The zero-order chi connectivity index (χ0) is 19.1. The van der Waals surface area contributed by atoms with Gasteiger partial charge >= 0.3 is 0 Å². The van der Waals surface area contributed by atoms with E-state index in [2.05, 4.69) is 13.0 Å². The lowest BCUT2D eigenvalue weighted by Crippen LogP contribution is -2.11. The van der Waals surface area contributed by atoms with Crippen LogP contribution in [-0.2, 0) is 6.42 Å². The first-order chi connectivity index (χ1) is 13.2. The fraction of sp³-hybridized carbons (Fsp3) is 0.435. The van der Waals surface area contributed by atoms with E-state index in [1.54, 1.807) is 17.4 Å². The van der Waals surface area contributed by atoms with E-state index in [0.717, 1.165) is 47.6 Å². The van der Waals surface area contributed by atoms with Crippen LogP contribution in [0.5, 0.6) is 11.5 Å². The average molecular weight is 385 g/mol. The summed E-state index contributed by atoms with van der Waals surface area (Å²) >= 11 is 1.59. The van der Waals surface area contributed by atoms with Crippen molar-refractivity contribution < 1.29 is 14.3 Å². The molecule has 0 bridgehead atoms. The number of aryl methyl sites for hydroxylation is 1. The standard InChI is InChI=1S/C23H28O3S/c1-3-7-19-12-15-23(27-19)20(24)13-10-17-11-14-21(22(16-17)25-4-2)26-18-8-5-6-9-18/h10-16,18H,3-9H2,1-2H3/b13-10+. The molecule has 0 N–H and O–H groups in total. The summed E-state index contributed by atoms with van der Waals surface area (Å²) in [4.78, 5) is 14.5. The van der Waals surface area contributed by atoms with Crippen LogP contribution in [0.1, 0.15) is 66.1 Å². The number of thiophene rings is 1. The molecule has 0 radical (unpaired) electrons. The van der Waals surface area contributed by atoms with E-state index in [1.165, 1.54) is 17.7 Å². The fourth-order valence-electron chi connectivity index (χ4n) is 3.32. The predicted octanol–water partition coefficient (Wildman–Crippen LogP) is 6.32. The average Bonchev–Trinajstić information content (AvgIpc) is 3.34. The summed E-state index contributed by atoms with van der Waals surface area (Å²) in [5, 5.41) is 0. The maximum absolute atomic E-state index is 12.4. The number of allylic oxidation sites excluding steroid dienone is 1. The lowest BCUT2D eigenvalue weighted by atomic mass is 10.1. The lowest BCUT2D eigenvalue weighted by molar-refractivity contribution is 0.105. The van der Waals surface area contributed by atoms with Crippen LogP contribution in [-0.4, -0.2) is 18.5 Å². The van der Waals surface area contributed by atoms with E-state index in [4.69, 9.17) is 9.47 Å². The van der Waals surface area contributed by atoms with Crippen molar-refractivity contribution >= 4 is 23.2 Å². The molecule has 0 amide bonds. The highest BCUT2D eigenvalue weighted by molar-refractivity contribution is 7.14. The Kier molecular flexibility index (Phi) is 7.11. The number of ketones is 1. The molecule has 0 spiro atoms.